The van der Waals surface area contributed by atoms with Gasteiger partial charge in [0.15, 0.2) is 0 Å². The Balaban J connectivity index is 1.85. The molecule has 0 radical (unpaired) electrons. The van der Waals surface area contributed by atoms with E-state index >= 15 is 0 Å². The molecule has 2 amide bonds. The van der Waals surface area contributed by atoms with Crippen molar-refractivity contribution in [2.24, 2.45) is 0 Å². The van der Waals surface area contributed by atoms with E-state index in [1.165, 1.54) is 11.8 Å². The van der Waals surface area contributed by atoms with E-state index < -0.39 is 6.04 Å². The molecule has 36 heavy (non-hydrogen) atoms. The molecule has 0 aromatic heterocycles. The minimum Gasteiger partial charge on any atom is -0.352 e. The van der Waals surface area contributed by atoms with Crippen molar-refractivity contribution in [3.63, 3.8) is 0 Å². The Labute approximate surface area is 231 Å². The minimum atomic E-state index is -0.626. The Morgan fingerprint density at radius 1 is 0.972 bits per heavy atom. The first-order valence-corrected chi connectivity index (χ1v) is 14.4. The number of hydrogen-bond acceptors (Lipinski definition) is 3. The van der Waals surface area contributed by atoms with Gasteiger partial charge in [-0.05, 0) is 48.2 Å². The smallest absolute Gasteiger partial charge is 0.243 e. The van der Waals surface area contributed by atoms with Crippen LogP contribution in [0.1, 0.15) is 37.0 Å². The number of carbonyl (C=O) groups is 2. The van der Waals surface area contributed by atoms with Crippen LogP contribution in [0.4, 0.5) is 0 Å². The third kappa shape index (κ3) is 8.68. The molecule has 1 N–H and O–H groups in total. The zero-order valence-corrected chi connectivity index (χ0v) is 23.8. The Morgan fingerprint density at radius 2 is 1.64 bits per heavy atom. The molecule has 2 unspecified atom stereocenters. The highest BCUT2D eigenvalue weighted by Crippen LogP contribution is 2.23. The van der Waals surface area contributed by atoms with E-state index in [1.807, 2.05) is 92.7 Å². The standard InChI is InChI=1S/C29H32BrClN2O2S/c1-3-21(2)32-29(35)27(17-22-9-5-4-6-10-22)33(18-23-13-15-25(30)16-14-23)28(34)20-36-19-24-11-7-8-12-26(24)31/h4-16,21,27H,3,17-20H2,1-2H3,(H,32,35). The van der Waals surface area contributed by atoms with Gasteiger partial charge in [-0.2, -0.15) is 0 Å². The fourth-order valence-electron chi connectivity index (χ4n) is 3.73. The lowest BCUT2D eigenvalue weighted by atomic mass is 10.0. The first-order chi connectivity index (χ1) is 17.4. The third-order valence-corrected chi connectivity index (χ3v) is 7.84. The quantitative estimate of drug-likeness (QED) is 0.251. The lowest BCUT2D eigenvalue weighted by molar-refractivity contribution is -0.139. The van der Waals surface area contributed by atoms with Gasteiger partial charge >= 0.3 is 0 Å². The van der Waals surface area contributed by atoms with E-state index in [2.05, 4.69) is 21.2 Å². The van der Waals surface area contributed by atoms with E-state index in [0.717, 1.165) is 27.6 Å². The SMILES string of the molecule is CCC(C)NC(=O)C(Cc1ccccc1)N(Cc1ccc(Br)cc1)C(=O)CSCc1ccccc1Cl. The van der Waals surface area contributed by atoms with E-state index in [4.69, 9.17) is 11.6 Å². The molecule has 0 saturated heterocycles. The van der Waals surface area contributed by atoms with Gasteiger partial charge in [-0.25, -0.2) is 0 Å². The number of benzene rings is 3. The molecule has 4 nitrogen and oxygen atoms in total. The molecule has 190 valence electrons. The van der Waals surface area contributed by atoms with Gasteiger partial charge in [-0.3, -0.25) is 9.59 Å². The number of nitrogens with zero attached hydrogens (tertiary/aromatic N) is 1. The van der Waals surface area contributed by atoms with Crippen molar-refractivity contribution >= 4 is 51.1 Å². The molecule has 7 heteroatoms. The van der Waals surface area contributed by atoms with Crippen molar-refractivity contribution in [3.8, 4) is 0 Å². The first kappa shape index (κ1) is 28.3. The molecule has 0 aliphatic rings. The van der Waals surface area contributed by atoms with Crippen molar-refractivity contribution in [1.82, 2.24) is 10.2 Å². The molecule has 0 aliphatic heterocycles. The van der Waals surface area contributed by atoms with Gasteiger partial charge in [0.1, 0.15) is 6.04 Å². The first-order valence-electron chi connectivity index (χ1n) is 12.1. The second kappa shape index (κ2) is 14.5. The second-order valence-electron chi connectivity index (χ2n) is 8.76. The van der Waals surface area contributed by atoms with Gasteiger partial charge in [0.2, 0.25) is 11.8 Å². The highest BCUT2D eigenvalue weighted by Gasteiger charge is 2.30. The molecule has 0 fully saturated rings. The molecule has 0 bridgehead atoms. The van der Waals surface area contributed by atoms with Crippen LogP contribution in [-0.4, -0.2) is 34.6 Å². The van der Waals surface area contributed by atoms with Crippen molar-refractivity contribution in [1.29, 1.82) is 0 Å². The summed E-state index contributed by atoms with van der Waals surface area (Å²) in [5.74, 6) is 0.675. The zero-order chi connectivity index (χ0) is 25.9. The molecule has 0 spiro atoms. The Hall–Kier alpha value is -2.28. The van der Waals surface area contributed by atoms with Crippen LogP contribution in [0.5, 0.6) is 0 Å². The van der Waals surface area contributed by atoms with Crippen molar-refractivity contribution in [2.45, 2.75) is 51.1 Å². The number of hydrogen-bond donors (Lipinski definition) is 1. The predicted molar refractivity (Wildman–Crippen MR) is 154 cm³/mol. The number of carbonyl (C=O) groups excluding carboxylic acids is 2. The molecular weight excluding hydrogens is 556 g/mol. The van der Waals surface area contributed by atoms with E-state index in [0.29, 0.717) is 23.7 Å². The van der Waals surface area contributed by atoms with Gasteiger partial charge < -0.3 is 10.2 Å². The average molecular weight is 588 g/mol. The molecule has 0 aliphatic carbocycles. The van der Waals surface area contributed by atoms with Crippen LogP contribution in [0, 0.1) is 0 Å². The minimum absolute atomic E-state index is 0.0232. The van der Waals surface area contributed by atoms with Gasteiger partial charge in [0.05, 0.1) is 5.75 Å². The Kier molecular flexibility index (Phi) is 11.4. The zero-order valence-electron chi connectivity index (χ0n) is 20.6. The predicted octanol–water partition coefficient (Wildman–Crippen LogP) is 6.89. The van der Waals surface area contributed by atoms with Crippen LogP contribution in [0.15, 0.2) is 83.3 Å². The lowest BCUT2D eigenvalue weighted by Gasteiger charge is -2.32. The summed E-state index contributed by atoms with van der Waals surface area (Å²) in [7, 11) is 0. The number of amides is 2. The van der Waals surface area contributed by atoms with Gasteiger partial charge in [-0.15, -0.1) is 11.8 Å². The molecule has 2 atom stereocenters. The van der Waals surface area contributed by atoms with E-state index in [1.54, 1.807) is 4.90 Å². The summed E-state index contributed by atoms with van der Waals surface area (Å²) in [6.45, 7) is 4.37. The van der Waals surface area contributed by atoms with Crippen molar-refractivity contribution in [3.05, 3.63) is 105 Å². The number of rotatable bonds is 12. The maximum atomic E-state index is 13.7. The number of thioether (sulfide) groups is 1. The summed E-state index contributed by atoms with van der Waals surface area (Å²) in [5.41, 5.74) is 2.97. The van der Waals surface area contributed by atoms with Crippen molar-refractivity contribution in [2.75, 3.05) is 5.75 Å². The Morgan fingerprint density at radius 3 is 2.31 bits per heavy atom. The normalized spacial score (nSPS) is 12.6. The summed E-state index contributed by atoms with van der Waals surface area (Å²) < 4.78 is 0.967. The molecule has 3 rings (SSSR count). The monoisotopic (exact) mass is 586 g/mol. The van der Waals surface area contributed by atoms with Crippen LogP contribution >= 0.6 is 39.3 Å². The third-order valence-electron chi connectivity index (χ3n) is 5.98. The summed E-state index contributed by atoms with van der Waals surface area (Å²) >= 11 is 11.3. The molecular formula is C29H32BrClN2O2S. The van der Waals surface area contributed by atoms with E-state index in [9.17, 15) is 9.59 Å². The van der Waals surface area contributed by atoms with Crippen LogP contribution in [0.3, 0.4) is 0 Å². The molecule has 0 saturated carbocycles. The van der Waals surface area contributed by atoms with Crippen LogP contribution < -0.4 is 5.32 Å². The fraction of sp³-hybridized carbons (Fsp3) is 0.310. The van der Waals surface area contributed by atoms with Gasteiger partial charge in [-0.1, -0.05) is 95.1 Å². The van der Waals surface area contributed by atoms with Crippen LogP contribution in [-0.2, 0) is 28.3 Å². The number of halogens is 2. The van der Waals surface area contributed by atoms with Crippen LogP contribution in [0.25, 0.3) is 0 Å². The molecule has 3 aromatic carbocycles. The number of nitrogens with one attached hydrogen (secondary N) is 1. The Bertz CT molecular complexity index is 1130. The maximum Gasteiger partial charge on any atom is 0.243 e. The lowest BCUT2D eigenvalue weighted by Crippen LogP contribution is -2.52. The topological polar surface area (TPSA) is 49.4 Å². The summed E-state index contributed by atoms with van der Waals surface area (Å²) in [6.07, 6.45) is 1.26. The summed E-state index contributed by atoms with van der Waals surface area (Å²) in [6, 6.07) is 24.8. The second-order valence-corrected chi connectivity index (χ2v) is 11.1. The molecule has 3 aromatic rings. The van der Waals surface area contributed by atoms with Gasteiger partial charge in [0, 0.05) is 34.3 Å². The average Bonchev–Trinajstić information content (AvgIpc) is 2.88. The highest BCUT2D eigenvalue weighted by molar-refractivity contribution is 9.10. The largest absolute Gasteiger partial charge is 0.352 e. The maximum absolute atomic E-state index is 13.7. The summed E-state index contributed by atoms with van der Waals surface area (Å²) in [5, 5.41) is 3.80. The highest BCUT2D eigenvalue weighted by atomic mass is 79.9. The summed E-state index contributed by atoms with van der Waals surface area (Å²) in [4.78, 5) is 28.9. The van der Waals surface area contributed by atoms with Gasteiger partial charge in [0.25, 0.3) is 0 Å². The molecule has 0 heterocycles. The van der Waals surface area contributed by atoms with Crippen molar-refractivity contribution < 1.29 is 9.59 Å². The van der Waals surface area contributed by atoms with E-state index in [-0.39, 0.29) is 23.6 Å². The fourth-order valence-corrected chi connectivity index (χ4v) is 5.19. The van der Waals surface area contributed by atoms with Crippen LogP contribution in [0.2, 0.25) is 5.02 Å².